The van der Waals surface area contributed by atoms with E-state index in [-0.39, 0.29) is 17.7 Å². The summed E-state index contributed by atoms with van der Waals surface area (Å²) < 4.78 is 21.0. The van der Waals surface area contributed by atoms with E-state index in [1.54, 1.807) is 13.2 Å². The lowest BCUT2D eigenvalue weighted by Crippen LogP contribution is -2.48. The summed E-state index contributed by atoms with van der Waals surface area (Å²) in [4.78, 5) is 10.1. The molecule has 1 saturated heterocycles. The van der Waals surface area contributed by atoms with Crippen LogP contribution in [0.5, 0.6) is 11.6 Å². The number of halogens is 1. The summed E-state index contributed by atoms with van der Waals surface area (Å²) in [5, 5.41) is 15.0. The van der Waals surface area contributed by atoms with Crippen molar-refractivity contribution in [2.24, 2.45) is 0 Å². The fraction of sp³-hybridized carbons (Fsp3) is 0.273. The zero-order chi connectivity index (χ0) is 21.4. The van der Waals surface area contributed by atoms with E-state index in [0.29, 0.717) is 23.7 Å². The third kappa shape index (κ3) is 3.60. The largest absolute Gasteiger partial charge is 0.497 e. The molecule has 1 N–H and O–H groups in total. The van der Waals surface area contributed by atoms with E-state index in [9.17, 15) is 9.50 Å². The van der Waals surface area contributed by atoms with E-state index in [1.165, 1.54) is 28.2 Å². The van der Waals surface area contributed by atoms with Crippen molar-refractivity contribution in [3.8, 4) is 11.6 Å². The van der Waals surface area contributed by atoms with Gasteiger partial charge in [0.25, 0.3) is 0 Å². The molecule has 4 aromatic rings. The number of nitrogens with zero attached hydrogens (tertiary/aromatic N) is 5. The Morgan fingerprint density at radius 3 is 2.48 bits per heavy atom. The van der Waals surface area contributed by atoms with E-state index in [2.05, 4.69) is 19.9 Å². The Balaban J connectivity index is 1.47. The summed E-state index contributed by atoms with van der Waals surface area (Å²) in [7, 11) is 1.64. The smallest absolute Gasteiger partial charge is 0.230 e. The zero-order valence-corrected chi connectivity index (χ0v) is 17.8. The van der Waals surface area contributed by atoms with Crippen molar-refractivity contribution >= 4 is 22.0 Å². The van der Waals surface area contributed by atoms with Gasteiger partial charge in [0.05, 0.1) is 23.7 Å². The molecule has 2 aromatic carbocycles. The molecule has 0 spiro atoms. The molecule has 1 atom stereocenters. The third-order valence-corrected chi connectivity index (χ3v) is 6.78. The Hall–Kier alpha value is -3.17. The van der Waals surface area contributed by atoms with E-state index in [0.717, 1.165) is 29.3 Å². The van der Waals surface area contributed by atoms with Gasteiger partial charge in [-0.05, 0) is 29.8 Å². The Kier molecular flexibility index (Phi) is 5.21. The van der Waals surface area contributed by atoms with E-state index in [1.807, 2.05) is 36.4 Å². The molecule has 1 aliphatic rings. The standard InChI is InChI=1S/C22H22FN5O2S/c1-30-16-8-6-15(7-9-16)19(20-21(29)28-22(31-20)24-14-25-28)27-12-10-26(11-13-27)18-5-3-2-4-17(18)23/h2-9,14,19,29H,10-13H2,1H3/t19-/m1/s1. The molecule has 0 unspecified atom stereocenters. The SMILES string of the molecule is COc1ccc([C@H](c2sc3ncnn3c2O)N2CCN(c3ccccc3F)CC2)cc1. The number of fused-ring (bicyclic) bond motifs is 1. The summed E-state index contributed by atoms with van der Waals surface area (Å²) in [6.07, 6.45) is 1.44. The first-order valence-corrected chi connectivity index (χ1v) is 10.9. The quantitative estimate of drug-likeness (QED) is 0.513. The first-order chi connectivity index (χ1) is 15.2. The molecule has 9 heteroatoms. The highest BCUT2D eigenvalue weighted by atomic mass is 32.1. The van der Waals surface area contributed by atoms with Crippen LogP contribution in [0.4, 0.5) is 10.1 Å². The Morgan fingerprint density at radius 2 is 1.81 bits per heavy atom. The summed E-state index contributed by atoms with van der Waals surface area (Å²) in [5.41, 5.74) is 1.67. The number of piperazine rings is 1. The number of aromatic hydroxyl groups is 1. The maximum Gasteiger partial charge on any atom is 0.230 e. The fourth-order valence-corrected chi connectivity index (χ4v) is 5.21. The monoisotopic (exact) mass is 439 g/mol. The van der Waals surface area contributed by atoms with Crippen LogP contribution in [0, 0.1) is 5.82 Å². The number of anilines is 1. The normalized spacial score (nSPS) is 16.0. The van der Waals surface area contributed by atoms with Gasteiger partial charge in [-0.25, -0.2) is 9.37 Å². The molecular formula is C22H22FN5O2S. The van der Waals surface area contributed by atoms with E-state index < -0.39 is 0 Å². The minimum atomic E-state index is -0.203. The maximum absolute atomic E-state index is 14.3. The minimum Gasteiger partial charge on any atom is -0.497 e. The Labute approximate surface area is 182 Å². The van der Waals surface area contributed by atoms with Crippen LogP contribution >= 0.6 is 11.3 Å². The second-order valence-corrected chi connectivity index (χ2v) is 8.40. The maximum atomic E-state index is 14.3. The molecule has 31 heavy (non-hydrogen) atoms. The predicted molar refractivity (Wildman–Crippen MR) is 118 cm³/mol. The van der Waals surface area contributed by atoms with Gasteiger partial charge < -0.3 is 14.7 Å². The predicted octanol–water partition coefficient (Wildman–Crippen LogP) is 3.56. The highest BCUT2D eigenvalue weighted by Crippen LogP contribution is 2.40. The van der Waals surface area contributed by atoms with Crippen LogP contribution in [0.3, 0.4) is 0 Å². The molecule has 0 amide bonds. The molecule has 3 heterocycles. The molecule has 1 aliphatic heterocycles. The average Bonchev–Trinajstić information content (AvgIpc) is 3.39. The van der Waals surface area contributed by atoms with Crippen LogP contribution < -0.4 is 9.64 Å². The molecule has 160 valence electrons. The first kappa shape index (κ1) is 19.8. The zero-order valence-electron chi connectivity index (χ0n) is 17.0. The molecule has 1 fully saturated rings. The van der Waals surface area contributed by atoms with Gasteiger partial charge in [0.2, 0.25) is 10.8 Å². The number of benzene rings is 2. The van der Waals surface area contributed by atoms with Gasteiger partial charge in [0.15, 0.2) is 0 Å². The van der Waals surface area contributed by atoms with Crippen molar-refractivity contribution in [1.82, 2.24) is 19.5 Å². The number of ether oxygens (including phenoxy) is 1. The number of para-hydroxylation sites is 1. The summed E-state index contributed by atoms with van der Waals surface area (Å²) in [5.74, 6) is 0.680. The second-order valence-electron chi connectivity index (χ2n) is 7.39. The van der Waals surface area contributed by atoms with Crippen molar-refractivity contribution in [3.63, 3.8) is 0 Å². The summed E-state index contributed by atoms with van der Waals surface area (Å²) in [6, 6.07) is 14.6. The van der Waals surface area contributed by atoms with E-state index in [4.69, 9.17) is 4.74 Å². The van der Waals surface area contributed by atoms with Crippen LogP contribution in [-0.4, -0.2) is 57.9 Å². The molecule has 5 rings (SSSR count). The highest BCUT2D eigenvalue weighted by Gasteiger charge is 2.32. The topological polar surface area (TPSA) is 66.1 Å². The Bertz CT molecular complexity index is 1180. The van der Waals surface area contributed by atoms with Crippen molar-refractivity contribution in [3.05, 3.63) is 71.1 Å². The number of hydrogen-bond donors (Lipinski definition) is 1. The van der Waals surface area contributed by atoms with Gasteiger partial charge in [-0.2, -0.15) is 9.61 Å². The van der Waals surface area contributed by atoms with E-state index >= 15 is 0 Å². The number of rotatable bonds is 5. The molecule has 0 bridgehead atoms. The first-order valence-electron chi connectivity index (χ1n) is 10.0. The molecular weight excluding hydrogens is 417 g/mol. The van der Waals surface area contributed by atoms with Crippen LogP contribution in [0.25, 0.3) is 4.96 Å². The lowest BCUT2D eigenvalue weighted by atomic mass is 10.0. The van der Waals surface area contributed by atoms with Gasteiger partial charge in [-0.15, -0.1) is 0 Å². The van der Waals surface area contributed by atoms with Gasteiger partial charge in [0.1, 0.15) is 17.9 Å². The lowest BCUT2D eigenvalue weighted by molar-refractivity contribution is 0.210. The summed E-state index contributed by atoms with van der Waals surface area (Å²) in [6.45, 7) is 2.82. The van der Waals surface area contributed by atoms with Crippen molar-refractivity contribution in [2.75, 3.05) is 38.2 Å². The van der Waals surface area contributed by atoms with Crippen molar-refractivity contribution in [2.45, 2.75) is 6.04 Å². The molecule has 0 aliphatic carbocycles. The van der Waals surface area contributed by atoms with Crippen LogP contribution in [0.15, 0.2) is 54.9 Å². The third-order valence-electron chi connectivity index (χ3n) is 5.69. The second kappa shape index (κ2) is 8.16. The number of hydrogen-bond acceptors (Lipinski definition) is 7. The lowest BCUT2D eigenvalue weighted by Gasteiger charge is -2.40. The number of aromatic nitrogens is 3. The van der Waals surface area contributed by atoms with Gasteiger partial charge in [-0.3, -0.25) is 4.90 Å². The van der Waals surface area contributed by atoms with Crippen LogP contribution in [-0.2, 0) is 0 Å². The van der Waals surface area contributed by atoms with Gasteiger partial charge >= 0.3 is 0 Å². The van der Waals surface area contributed by atoms with Crippen LogP contribution in [0.1, 0.15) is 16.5 Å². The number of methoxy groups -OCH3 is 1. The van der Waals surface area contributed by atoms with Crippen molar-refractivity contribution in [1.29, 1.82) is 0 Å². The fourth-order valence-electron chi connectivity index (χ4n) is 4.12. The van der Waals surface area contributed by atoms with Gasteiger partial charge in [-0.1, -0.05) is 35.6 Å². The molecule has 0 radical (unpaired) electrons. The average molecular weight is 440 g/mol. The molecule has 7 nitrogen and oxygen atoms in total. The molecule has 0 saturated carbocycles. The van der Waals surface area contributed by atoms with Gasteiger partial charge in [0, 0.05) is 26.2 Å². The Morgan fingerprint density at radius 1 is 1.06 bits per heavy atom. The van der Waals surface area contributed by atoms with Crippen molar-refractivity contribution < 1.29 is 14.2 Å². The highest BCUT2D eigenvalue weighted by molar-refractivity contribution is 7.17. The number of thiazole rings is 1. The summed E-state index contributed by atoms with van der Waals surface area (Å²) >= 11 is 1.43. The minimum absolute atomic E-state index is 0.106. The van der Waals surface area contributed by atoms with Crippen LogP contribution in [0.2, 0.25) is 0 Å². The molecule has 2 aromatic heterocycles.